The van der Waals surface area contributed by atoms with Crippen molar-refractivity contribution in [2.24, 2.45) is 32.5 Å². The number of H-pyrrole nitrogens is 1. The van der Waals surface area contributed by atoms with Crippen LogP contribution in [0.5, 0.6) is 0 Å². The summed E-state index contributed by atoms with van der Waals surface area (Å²) in [5, 5.41) is 36.6. The minimum absolute atomic E-state index is 0.0287. The molecule has 2 N–H and O–H groups in total. The van der Waals surface area contributed by atoms with Gasteiger partial charge in [-0.2, -0.15) is 10.0 Å². The van der Waals surface area contributed by atoms with Crippen LogP contribution in [0.3, 0.4) is 0 Å². The van der Waals surface area contributed by atoms with Crippen molar-refractivity contribution in [3.05, 3.63) is 17.5 Å². The highest BCUT2D eigenvalue weighted by Gasteiger charge is 2.21. The lowest BCUT2D eigenvalue weighted by molar-refractivity contribution is -0.119. The van der Waals surface area contributed by atoms with Crippen LogP contribution in [0.15, 0.2) is 0 Å². The van der Waals surface area contributed by atoms with E-state index in [1.807, 2.05) is 41.5 Å². The van der Waals surface area contributed by atoms with E-state index in [0.29, 0.717) is 18.4 Å². The van der Waals surface area contributed by atoms with Crippen LogP contribution in [0.2, 0.25) is 0 Å². The summed E-state index contributed by atoms with van der Waals surface area (Å²) in [6.07, 6.45) is 4.76. The molecule has 3 rings (SSSR count). The minimum atomic E-state index is -2.79. The molecule has 0 aliphatic carbocycles. The number of sulfone groups is 1. The third-order valence-electron chi connectivity index (χ3n) is 6.53. The highest BCUT2D eigenvalue weighted by Crippen LogP contribution is 2.41. The van der Waals surface area contributed by atoms with Gasteiger partial charge in [0.25, 0.3) is 0 Å². The van der Waals surface area contributed by atoms with Crippen molar-refractivity contribution in [1.29, 1.82) is 0 Å². The summed E-state index contributed by atoms with van der Waals surface area (Å²) in [6.45, 7) is 43.4. The number of hydrogen-bond acceptors (Lipinski definition) is 15. The molecule has 0 spiro atoms. The van der Waals surface area contributed by atoms with Crippen molar-refractivity contribution >= 4 is 34.6 Å². The number of rotatable bonds is 10. The van der Waals surface area contributed by atoms with Crippen LogP contribution in [-0.4, -0.2) is 117 Å². The van der Waals surface area contributed by atoms with Crippen LogP contribution in [0, 0.1) is 32.5 Å². The minimum Gasteiger partial charge on any atom is -0.344 e. The number of nitrogens with one attached hydrogen (secondary N) is 1. The Morgan fingerprint density at radius 2 is 1.09 bits per heavy atom. The SMILES string of the molecule is CC(=O)CC(C)(C)C.CC(=O)Cn1nnc(CC(C)(C)C)n1.CC(=O)Cn1nnnc1CC(C)(C)C.CC(C)(C)CP(C)(=O)O.CC(C)(C)CS(C)(=O)=O.CC(C)(C)Cc1nn[nH]n1. The monoisotopic (exact) mass is 947 g/mol. The Morgan fingerprint density at radius 1 is 0.625 bits per heavy atom. The Hall–Kier alpha value is -3.64. The molecule has 0 fully saturated rings. The second-order valence-electron chi connectivity index (χ2n) is 23.8. The maximum Gasteiger partial charge on any atom is 0.198 e. The summed E-state index contributed by atoms with van der Waals surface area (Å²) >= 11 is 0. The number of nitrogens with zero attached hydrogens (tertiary/aromatic N) is 11. The number of carbonyl (C=O) groups excluding carboxylic acids is 3. The summed E-state index contributed by atoms with van der Waals surface area (Å²) in [7, 11) is -5.57. The lowest BCUT2D eigenvalue weighted by atomic mass is 9.91. The van der Waals surface area contributed by atoms with Gasteiger partial charge in [0.1, 0.15) is 28.7 Å². The second kappa shape index (κ2) is 27.1. The molecule has 3 aromatic heterocycles. The predicted molar refractivity (Wildman–Crippen MR) is 255 cm³/mol. The fourth-order valence-electron chi connectivity index (χ4n) is 5.39. The van der Waals surface area contributed by atoms with E-state index in [9.17, 15) is 27.4 Å². The molecule has 3 aromatic rings. The molecule has 0 bridgehead atoms. The van der Waals surface area contributed by atoms with Gasteiger partial charge >= 0.3 is 0 Å². The number of hydrogen-bond donors (Lipinski definition) is 2. The molecule has 0 radical (unpaired) electrons. The van der Waals surface area contributed by atoms with Gasteiger partial charge < -0.3 is 9.69 Å². The van der Waals surface area contributed by atoms with Gasteiger partial charge in [0.15, 0.2) is 36.4 Å². The molecule has 0 amide bonds. The smallest absolute Gasteiger partial charge is 0.198 e. The molecule has 1 unspecified atom stereocenters. The molecule has 0 aliphatic heterocycles. The zero-order valence-corrected chi connectivity index (χ0v) is 45.5. The average Bonchev–Trinajstić information content (AvgIpc) is 3.70. The molecule has 19 nitrogen and oxygen atoms in total. The first-order valence-electron chi connectivity index (χ1n) is 21.4. The third-order valence-corrected chi connectivity index (χ3v) is 9.46. The topological polar surface area (TPSA) is 264 Å². The van der Waals surface area contributed by atoms with Crippen molar-refractivity contribution in [2.45, 2.75) is 184 Å². The summed E-state index contributed by atoms with van der Waals surface area (Å²) in [4.78, 5) is 42.4. The summed E-state index contributed by atoms with van der Waals surface area (Å²) in [5.74, 6) is 2.88. The molecule has 0 aromatic carbocycles. The number of tetrazole rings is 3. The first-order chi connectivity index (χ1) is 28.2. The molecule has 64 heavy (non-hydrogen) atoms. The van der Waals surface area contributed by atoms with Crippen molar-refractivity contribution in [3.63, 3.8) is 0 Å². The van der Waals surface area contributed by atoms with Crippen molar-refractivity contribution in [1.82, 2.24) is 61.0 Å². The van der Waals surface area contributed by atoms with Crippen LogP contribution < -0.4 is 0 Å². The van der Waals surface area contributed by atoms with Crippen LogP contribution in [0.25, 0.3) is 0 Å². The van der Waals surface area contributed by atoms with Gasteiger partial charge in [0.05, 0.1) is 5.75 Å². The molecule has 0 aliphatic rings. The fraction of sp³-hybridized carbons (Fsp3) is 0.860. The summed E-state index contributed by atoms with van der Waals surface area (Å²) < 4.78 is 33.6. The maximum atomic E-state index is 10.9. The molecule has 0 saturated carbocycles. The lowest BCUT2D eigenvalue weighted by Crippen LogP contribution is -2.19. The zero-order valence-electron chi connectivity index (χ0n) is 43.8. The molecular weight excluding hydrogens is 860 g/mol. The maximum absolute atomic E-state index is 10.9. The molecule has 21 heteroatoms. The summed E-state index contributed by atoms with van der Waals surface area (Å²) in [5.41, 5.74) is 0.551. The standard InChI is InChI=1S/2C9H16N4O.C7H14O.C6H12N4.C6H15O2P.C6H14O2S/c1-7(14)6-13-8(10-11-12-13)5-9(2,3)4;1-7(14)6-13-11-8(10-12-13)5-9(2,3)4;1-6(8)5-7(2,3)4;1-6(2,3)4-5-7-9-10-8-5;2*1-6(2,3)5-9(4,7)8/h2*5-6H2,1-4H3;5H2,1-4H3;4H2,1-3H3,(H,7,8,9,10);5H2,1-4H3,(H,7,8);5H2,1-4H3. The van der Waals surface area contributed by atoms with Gasteiger partial charge in [-0.3, -0.25) is 14.2 Å². The van der Waals surface area contributed by atoms with Crippen molar-refractivity contribution in [3.8, 4) is 0 Å². The first-order valence-corrected chi connectivity index (χ1v) is 25.7. The molecule has 0 saturated heterocycles. The highest BCUT2D eigenvalue weighted by molar-refractivity contribution is 7.90. The zero-order chi connectivity index (χ0) is 51.3. The van der Waals surface area contributed by atoms with E-state index in [-0.39, 0.29) is 68.7 Å². The molecule has 1 atom stereocenters. The van der Waals surface area contributed by atoms with E-state index in [2.05, 4.69) is 135 Å². The van der Waals surface area contributed by atoms with Crippen molar-refractivity contribution < 1.29 is 32.3 Å². The predicted octanol–water partition coefficient (Wildman–Crippen LogP) is 7.51. The number of Topliss-reactive ketones (excluding diaryl/α,β-unsaturated/α-hetero) is 3. The third kappa shape index (κ3) is 49.4. The normalized spacial score (nSPS) is 13.1. The van der Waals surface area contributed by atoms with E-state index in [1.54, 1.807) is 11.6 Å². The van der Waals surface area contributed by atoms with E-state index < -0.39 is 17.2 Å². The number of carbonyl (C=O) groups is 3. The lowest BCUT2D eigenvalue weighted by Gasteiger charge is -2.19. The Labute approximate surface area is 385 Å². The largest absolute Gasteiger partial charge is 0.344 e. The Balaban J connectivity index is -0.000000708. The van der Waals surface area contributed by atoms with Gasteiger partial charge in [0, 0.05) is 44.8 Å². The van der Waals surface area contributed by atoms with E-state index in [0.717, 1.165) is 30.9 Å². The van der Waals surface area contributed by atoms with Crippen LogP contribution >= 0.6 is 7.37 Å². The van der Waals surface area contributed by atoms with Crippen LogP contribution in [0.4, 0.5) is 0 Å². The number of aromatic nitrogens is 12. The highest BCUT2D eigenvalue weighted by atomic mass is 32.2. The fourth-order valence-corrected chi connectivity index (χ4v) is 8.72. The molecule has 372 valence electrons. The summed E-state index contributed by atoms with van der Waals surface area (Å²) in [6, 6.07) is 0. The van der Waals surface area contributed by atoms with Gasteiger partial charge in [-0.05, 0) is 68.9 Å². The Morgan fingerprint density at radius 3 is 1.38 bits per heavy atom. The van der Waals surface area contributed by atoms with Gasteiger partial charge in [-0.1, -0.05) is 130 Å². The van der Waals surface area contributed by atoms with Gasteiger partial charge in [-0.25, -0.2) is 13.1 Å². The number of aromatic amines is 1. The first kappa shape index (κ1) is 64.6. The van der Waals surface area contributed by atoms with Crippen LogP contribution in [-0.2, 0) is 61.1 Å². The Kier molecular flexibility index (Phi) is 27.4. The number of ketones is 3. The quantitative estimate of drug-likeness (QED) is 0.186. The molecular formula is C43H87N12O7PS. The van der Waals surface area contributed by atoms with E-state index in [4.69, 9.17) is 4.89 Å². The Bertz CT molecular complexity index is 1950. The van der Waals surface area contributed by atoms with Crippen molar-refractivity contribution in [2.75, 3.05) is 24.8 Å². The average molecular weight is 947 g/mol. The van der Waals surface area contributed by atoms with E-state index >= 15 is 0 Å². The second-order valence-corrected chi connectivity index (χ2v) is 28.3. The molecule has 3 heterocycles. The van der Waals surface area contributed by atoms with E-state index in [1.165, 1.54) is 31.6 Å². The van der Waals surface area contributed by atoms with Gasteiger partial charge in [0.2, 0.25) is 0 Å². The van der Waals surface area contributed by atoms with Gasteiger partial charge in [-0.15, -0.1) is 25.5 Å². The van der Waals surface area contributed by atoms with Crippen LogP contribution in [0.1, 0.15) is 169 Å².